The lowest BCUT2D eigenvalue weighted by Gasteiger charge is -2.28. The van der Waals surface area contributed by atoms with Gasteiger partial charge in [0.05, 0.1) is 12.6 Å². The number of guanidine groups is 1. The number of nitrogens with zero attached hydrogens (tertiary/aromatic N) is 4. The molecule has 0 radical (unpaired) electrons. The highest BCUT2D eigenvalue weighted by molar-refractivity contribution is 14.0. The number of hydrogen-bond acceptors (Lipinski definition) is 2. The van der Waals surface area contributed by atoms with Gasteiger partial charge in [-0.3, -0.25) is 4.99 Å². The summed E-state index contributed by atoms with van der Waals surface area (Å²) in [4.78, 5) is 8.86. The molecule has 5 nitrogen and oxygen atoms in total. The molecule has 1 aromatic carbocycles. The third-order valence-electron chi connectivity index (χ3n) is 4.87. The lowest BCUT2D eigenvalue weighted by molar-refractivity contribution is 0.295. The van der Waals surface area contributed by atoms with E-state index in [9.17, 15) is 0 Å². The van der Waals surface area contributed by atoms with E-state index in [-0.39, 0.29) is 24.0 Å². The Balaban J connectivity index is 0.00000364. The second kappa shape index (κ2) is 11.3. The molecule has 0 fully saturated rings. The summed E-state index contributed by atoms with van der Waals surface area (Å²) in [6.45, 7) is 3.82. The smallest absolute Gasteiger partial charge is 0.193 e. The first-order valence-electron chi connectivity index (χ1n) is 9.23. The van der Waals surface area contributed by atoms with Gasteiger partial charge in [0.2, 0.25) is 0 Å². The molecule has 27 heavy (non-hydrogen) atoms. The van der Waals surface area contributed by atoms with E-state index in [4.69, 9.17) is 0 Å². The van der Waals surface area contributed by atoms with Gasteiger partial charge in [0.15, 0.2) is 5.96 Å². The molecule has 1 unspecified atom stereocenters. The molecule has 1 N–H and O–H groups in total. The van der Waals surface area contributed by atoms with Crippen molar-refractivity contribution in [1.82, 2.24) is 19.7 Å². The number of aliphatic imine (C=N–C) groups is 1. The van der Waals surface area contributed by atoms with Gasteiger partial charge in [-0.25, -0.2) is 0 Å². The van der Waals surface area contributed by atoms with Gasteiger partial charge >= 0.3 is 0 Å². The standard InChI is InChI=1S/C21H33N5.HI/c1-7-17-10-12-18(13-11-17)20(24(3)4)15-23-21(22-2)26(6)16-19-9-8-14-25(19)5;/h8-14,20H,7,15-16H2,1-6H3,(H,22,23);1H. The van der Waals surface area contributed by atoms with Crippen molar-refractivity contribution >= 4 is 29.9 Å². The first kappa shape index (κ1) is 23.5. The lowest BCUT2D eigenvalue weighted by Crippen LogP contribution is -2.42. The number of aryl methyl sites for hydroxylation is 2. The van der Waals surface area contributed by atoms with Gasteiger partial charge in [-0.1, -0.05) is 31.2 Å². The highest BCUT2D eigenvalue weighted by Gasteiger charge is 2.16. The fourth-order valence-corrected chi connectivity index (χ4v) is 3.13. The van der Waals surface area contributed by atoms with Crippen LogP contribution in [0.25, 0.3) is 0 Å². The molecule has 1 atom stereocenters. The Hall–Kier alpha value is -1.54. The zero-order valence-electron chi connectivity index (χ0n) is 17.4. The Bertz CT molecular complexity index is 706. The average molecular weight is 483 g/mol. The quantitative estimate of drug-likeness (QED) is 0.372. The average Bonchev–Trinajstić information content (AvgIpc) is 3.03. The molecule has 0 aliphatic rings. The summed E-state index contributed by atoms with van der Waals surface area (Å²) < 4.78 is 2.14. The molecule has 1 heterocycles. The minimum atomic E-state index is 0. The highest BCUT2D eigenvalue weighted by Crippen LogP contribution is 2.18. The molecule has 0 spiro atoms. The number of halogens is 1. The SMILES string of the molecule is CCc1ccc(C(CNC(=NC)N(C)Cc2cccn2C)N(C)C)cc1.I. The zero-order chi connectivity index (χ0) is 19.1. The maximum Gasteiger partial charge on any atom is 0.193 e. The molecule has 0 aliphatic carbocycles. The van der Waals surface area contributed by atoms with Crippen LogP contribution in [0.2, 0.25) is 0 Å². The third kappa shape index (κ3) is 6.53. The van der Waals surface area contributed by atoms with Crippen LogP contribution in [0, 0.1) is 0 Å². The second-order valence-corrected chi connectivity index (χ2v) is 6.97. The largest absolute Gasteiger partial charge is 0.354 e. The maximum absolute atomic E-state index is 4.45. The molecule has 150 valence electrons. The van der Waals surface area contributed by atoms with E-state index in [1.807, 2.05) is 7.05 Å². The lowest BCUT2D eigenvalue weighted by atomic mass is 10.0. The minimum Gasteiger partial charge on any atom is -0.354 e. The van der Waals surface area contributed by atoms with E-state index in [1.54, 1.807) is 0 Å². The first-order chi connectivity index (χ1) is 12.5. The van der Waals surface area contributed by atoms with Gasteiger partial charge < -0.3 is 19.7 Å². The van der Waals surface area contributed by atoms with Gasteiger partial charge in [-0.05, 0) is 43.8 Å². The van der Waals surface area contributed by atoms with Crippen molar-refractivity contribution in [3.63, 3.8) is 0 Å². The third-order valence-corrected chi connectivity index (χ3v) is 4.87. The summed E-state index contributed by atoms with van der Waals surface area (Å²) in [6.07, 6.45) is 3.14. The number of aromatic nitrogens is 1. The Kier molecular flexibility index (Phi) is 9.87. The van der Waals surface area contributed by atoms with Crippen LogP contribution in [0.4, 0.5) is 0 Å². The van der Waals surface area contributed by atoms with Crippen LogP contribution in [0.1, 0.15) is 29.8 Å². The molecule has 0 bridgehead atoms. The predicted molar refractivity (Wildman–Crippen MR) is 126 cm³/mol. The van der Waals surface area contributed by atoms with Crippen LogP contribution in [-0.2, 0) is 20.0 Å². The Morgan fingerprint density at radius 1 is 1.15 bits per heavy atom. The summed E-state index contributed by atoms with van der Waals surface area (Å²) in [5, 5.41) is 3.53. The van der Waals surface area contributed by atoms with Crippen molar-refractivity contribution in [2.45, 2.75) is 25.9 Å². The van der Waals surface area contributed by atoms with Crippen LogP contribution < -0.4 is 5.32 Å². The molecular weight excluding hydrogens is 449 g/mol. The van der Waals surface area contributed by atoms with Crippen LogP contribution in [0.3, 0.4) is 0 Å². The summed E-state index contributed by atoms with van der Waals surface area (Å²) in [6, 6.07) is 13.4. The van der Waals surface area contributed by atoms with Gasteiger partial charge in [0, 0.05) is 39.6 Å². The normalized spacial score (nSPS) is 12.6. The van der Waals surface area contributed by atoms with Crippen molar-refractivity contribution < 1.29 is 0 Å². The van der Waals surface area contributed by atoms with Crippen LogP contribution >= 0.6 is 24.0 Å². The molecule has 0 amide bonds. The van der Waals surface area contributed by atoms with E-state index < -0.39 is 0 Å². The van der Waals surface area contributed by atoms with E-state index >= 15 is 0 Å². The van der Waals surface area contributed by atoms with Gasteiger partial charge in [-0.15, -0.1) is 24.0 Å². The van der Waals surface area contributed by atoms with Crippen LogP contribution in [0.5, 0.6) is 0 Å². The molecule has 6 heteroatoms. The number of nitrogens with one attached hydrogen (secondary N) is 1. The van der Waals surface area contributed by atoms with E-state index in [2.05, 4.69) is 102 Å². The molecule has 2 aromatic rings. The van der Waals surface area contributed by atoms with E-state index in [1.165, 1.54) is 16.8 Å². The molecule has 1 aromatic heterocycles. The number of rotatable bonds is 7. The molecule has 0 saturated heterocycles. The van der Waals surface area contributed by atoms with Gasteiger partial charge in [0.25, 0.3) is 0 Å². The molecule has 0 aliphatic heterocycles. The van der Waals surface area contributed by atoms with Gasteiger partial charge in [-0.2, -0.15) is 0 Å². The monoisotopic (exact) mass is 483 g/mol. The summed E-state index contributed by atoms with van der Waals surface area (Å²) in [5.74, 6) is 0.906. The number of likely N-dealkylation sites (N-methyl/N-ethyl adjacent to an activating group) is 1. The fourth-order valence-electron chi connectivity index (χ4n) is 3.13. The van der Waals surface area contributed by atoms with Crippen molar-refractivity contribution in [3.05, 3.63) is 59.4 Å². The van der Waals surface area contributed by atoms with E-state index in [0.717, 1.165) is 25.5 Å². The minimum absolute atomic E-state index is 0. The second-order valence-electron chi connectivity index (χ2n) is 6.97. The topological polar surface area (TPSA) is 35.8 Å². The van der Waals surface area contributed by atoms with Gasteiger partial charge in [0.1, 0.15) is 0 Å². The first-order valence-corrected chi connectivity index (χ1v) is 9.23. The molecular formula is C21H34IN5. The van der Waals surface area contributed by atoms with Crippen molar-refractivity contribution in [3.8, 4) is 0 Å². The number of benzene rings is 1. The van der Waals surface area contributed by atoms with Crippen LogP contribution in [-0.4, -0.2) is 55.1 Å². The summed E-state index contributed by atoms with van der Waals surface area (Å²) in [7, 11) is 10.2. The Morgan fingerprint density at radius 3 is 2.30 bits per heavy atom. The predicted octanol–water partition coefficient (Wildman–Crippen LogP) is 3.52. The Labute approximate surface area is 181 Å². The highest BCUT2D eigenvalue weighted by atomic mass is 127. The maximum atomic E-state index is 4.45. The van der Waals surface area contributed by atoms with Crippen molar-refractivity contribution in [2.75, 3.05) is 34.7 Å². The van der Waals surface area contributed by atoms with Crippen molar-refractivity contribution in [2.24, 2.45) is 12.0 Å². The van der Waals surface area contributed by atoms with Crippen LogP contribution in [0.15, 0.2) is 47.6 Å². The Morgan fingerprint density at radius 2 is 1.81 bits per heavy atom. The summed E-state index contributed by atoms with van der Waals surface area (Å²) >= 11 is 0. The zero-order valence-corrected chi connectivity index (χ0v) is 19.8. The van der Waals surface area contributed by atoms with E-state index in [0.29, 0.717) is 6.04 Å². The molecule has 2 rings (SSSR count). The number of hydrogen-bond donors (Lipinski definition) is 1. The fraction of sp³-hybridized carbons (Fsp3) is 0.476. The summed E-state index contributed by atoms with van der Waals surface area (Å²) in [5.41, 5.74) is 3.95. The molecule has 0 saturated carbocycles. The van der Waals surface area contributed by atoms with Crippen molar-refractivity contribution in [1.29, 1.82) is 0 Å².